The molecule has 1 aromatic carbocycles. The van der Waals surface area contributed by atoms with Crippen molar-refractivity contribution in [1.82, 2.24) is 19.4 Å². The lowest BCUT2D eigenvalue weighted by Gasteiger charge is -2.26. The number of piperazine rings is 1. The molecule has 0 aliphatic carbocycles. The van der Waals surface area contributed by atoms with E-state index in [9.17, 15) is 27.6 Å². The van der Waals surface area contributed by atoms with E-state index in [1.807, 2.05) is 4.90 Å². The van der Waals surface area contributed by atoms with Crippen molar-refractivity contribution < 1.29 is 18.0 Å². The smallest absolute Gasteiger partial charge is 0.354 e. The van der Waals surface area contributed by atoms with Crippen LogP contribution in [0.5, 0.6) is 0 Å². The highest BCUT2D eigenvalue weighted by molar-refractivity contribution is 7.18. The molecule has 3 aromatic rings. The zero-order valence-corrected chi connectivity index (χ0v) is 20.5. The number of nitrogens with one attached hydrogen (secondary N) is 1. The third-order valence-electron chi connectivity index (χ3n) is 6.06. The van der Waals surface area contributed by atoms with Crippen LogP contribution >= 0.6 is 22.9 Å². The number of aromatic nitrogens is 2. The number of benzene rings is 1. The van der Waals surface area contributed by atoms with Gasteiger partial charge in [-0.05, 0) is 30.5 Å². The number of hydrogen-bond donors (Lipinski definition) is 1. The van der Waals surface area contributed by atoms with E-state index < -0.39 is 30.4 Å². The second-order valence-corrected chi connectivity index (χ2v) is 9.98. The van der Waals surface area contributed by atoms with Gasteiger partial charge in [-0.1, -0.05) is 29.8 Å². The molecule has 3 heterocycles. The first kappa shape index (κ1) is 25.5. The van der Waals surface area contributed by atoms with Gasteiger partial charge in [-0.15, -0.1) is 11.3 Å². The summed E-state index contributed by atoms with van der Waals surface area (Å²) in [6, 6.07) is 7.01. The van der Waals surface area contributed by atoms with Crippen LogP contribution in [0.25, 0.3) is 10.2 Å². The van der Waals surface area contributed by atoms with Gasteiger partial charge in [-0.3, -0.25) is 23.6 Å². The largest absolute Gasteiger partial charge is 0.390 e. The fourth-order valence-corrected chi connectivity index (χ4v) is 5.78. The highest BCUT2D eigenvalue weighted by Crippen LogP contribution is 2.30. The lowest BCUT2D eigenvalue weighted by molar-refractivity contribution is -0.136. The molecule has 1 aliphatic heterocycles. The van der Waals surface area contributed by atoms with Gasteiger partial charge in [0, 0.05) is 42.6 Å². The molecule has 35 heavy (non-hydrogen) atoms. The molecule has 0 bridgehead atoms. The Kier molecular flexibility index (Phi) is 7.39. The molecule has 0 radical (unpaired) electrons. The van der Waals surface area contributed by atoms with Crippen LogP contribution in [0.3, 0.4) is 0 Å². The fraction of sp³-hybridized carbons (Fsp3) is 0.435. The molecule has 0 atom stereocenters. The number of rotatable bonds is 7. The second kappa shape index (κ2) is 10.2. The molecule has 7 nitrogen and oxygen atoms in total. The number of thiophene rings is 1. The van der Waals surface area contributed by atoms with Crippen LogP contribution in [0.4, 0.5) is 13.2 Å². The van der Waals surface area contributed by atoms with Gasteiger partial charge in [-0.2, -0.15) is 13.2 Å². The van der Waals surface area contributed by atoms with Crippen molar-refractivity contribution in [3.8, 4) is 0 Å². The molecule has 1 saturated heterocycles. The van der Waals surface area contributed by atoms with E-state index in [1.54, 1.807) is 31.2 Å². The quantitative estimate of drug-likeness (QED) is 0.510. The topological polar surface area (TPSA) is 76.3 Å². The van der Waals surface area contributed by atoms with Gasteiger partial charge in [0.05, 0.1) is 18.4 Å². The van der Waals surface area contributed by atoms with Crippen molar-refractivity contribution in [2.45, 2.75) is 45.6 Å². The van der Waals surface area contributed by atoms with Crippen LogP contribution in [-0.4, -0.2) is 45.8 Å². The summed E-state index contributed by atoms with van der Waals surface area (Å²) >= 11 is 7.34. The van der Waals surface area contributed by atoms with Gasteiger partial charge in [0.15, 0.2) is 0 Å². The first-order valence-corrected chi connectivity index (χ1v) is 12.3. The van der Waals surface area contributed by atoms with Crippen LogP contribution < -0.4 is 16.6 Å². The van der Waals surface area contributed by atoms with E-state index in [1.165, 1.54) is 0 Å². The van der Waals surface area contributed by atoms with E-state index in [4.69, 9.17) is 11.6 Å². The maximum atomic E-state index is 13.4. The first-order valence-electron chi connectivity index (χ1n) is 11.1. The average Bonchev–Trinajstić information content (AvgIpc) is 3.10. The predicted molar refractivity (Wildman–Crippen MR) is 129 cm³/mol. The lowest BCUT2D eigenvalue weighted by atomic mass is 10.1. The summed E-state index contributed by atoms with van der Waals surface area (Å²) in [6.45, 7) is 2.80. The summed E-state index contributed by atoms with van der Waals surface area (Å²) < 4.78 is 41.2. The maximum Gasteiger partial charge on any atom is 0.390 e. The van der Waals surface area contributed by atoms with Gasteiger partial charge in [0.2, 0.25) is 5.91 Å². The Labute approximate surface area is 207 Å². The molecule has 1 amide bonds. The van der Waals surface area contributed by atoms with Crippen LogP contribution in [0.2, 0.25) is 5.02 Å². The van der Waals surface area contributed by atoms with Gasteiger partial charge in [0.25, 0.3) is 5.56 Å². The third-order valence-corrected chi connectivity index (χ3v) is 7.73. The number of amides is 1. The van der Waals surface area contributed by atoms with Crippen molar-refractivity contribution in [2.75, 3.05) is 19.6 Å². The summed E-state index contributed by atoms with van der Waals surface area (Å²) in [5.41, 5.74) is 0.0439. The average molecular weight is 529 g/mol. The minimum absolute atomic E-state index is 0.0136. The number of carbonyl (C=O) groups excluding carboxylic acids is 1. The zero-order chi connectivity index (χ0) is 25.3. The molecular formula is C23H24ClF3N4O3S. The monoisotopic (exact) mass is 528 g/mol. The van der Waals surface area contributed by atoms with Gasteiger partial charge < -0.3 is 5.32 Å². The Balaban J connectivity index is 1.78. The van der Waals surface area contributed by atoms with Crippen molar-refractivity contribution in [3.05, 3.63) is 66.1 Å². The minimum atomic E-state index is -4.46. The van der Waals surface area contributed by atoms with E-state index in [0.29, 0.717) is 30.2 Å². The molecule has 4 rings (SSSR count). The Morgan fingerprint density at radius 1 is 1.11 bits per heavy atom. The van der Waals surface area contributed by atoms with E-state index >= 15 is 0 Å². The van der Waals surface area contributed by atoms with Gasteiger partial charge in [-0.25, -0.2) is 4.79 Å². The Hall–Kier alpha value is -2.63. The number of halogens is 4. The second-order valence-electron chi connectivity index (χ2n) is 8.49. The van der Waals surface area contributed by atoms with Crippen LogP contribution in [-0.2, 0) is 30.8 Å². The molecule has 12 heteroatoms. The highest BCUT2D eigenvalue weighted by atomic mass is 35.5. The van der Waals surface area contributed by atoms with Crippen molar-refractivity contribution >= 4 is 39.1 Å². The lowest BCUT2D eigenvalue weighted by Crippen LogP contribution is -2.47. The molecule has 1 N–H and O–H groups in total. The van der Waals surface area contributed by atoms with Gasteiger partial charge in [0.1, 0.15) is 4.83 Å². The van der Waals surface area contributed by atoms with Crippen LogP contribution in [0.15, 0.2) is 33.9 Å². The minimum Gasteiger partial charge on any atom is -0.354 e. The van der Waals surface area contributed by atoms with E-state index in [2.05, 4.69) is 5.32 Å². The maximum absolute atomic E-state index is 13.4. The summed E-state index contributed by atoms with van der Waals surface area (Å²) in [4.78, 5) is 41.3. The van der Waals surface area contributed by atoms with Crippen LogP contribution in [0, 0.1) is 6.92 Å². The fourth-order valence-electron chi connectivity index (χ4n) is 4.19. The SMILES string of the molecule is Cc1c(CN2CCNC(=O)C2)sc2c1c(=O)n(CCc1ccccc1Cl)c(=O)n2CCC(F)(F)F. The number of aryl methyl sites for hydroxylation is 3. The Morgan fingerprint density at radius 2 is 1.86 bits per heavy atom. The first-order chi connectivity index (χ1) is 16.5. The number of hydrogen-bond acceptors (Lipinski definition) is 5. The normalized spacial score (nSPS) is 15.1. The predicted octanol–water partition coefficient (Wildman–Crippen LogP) is 3.31. The molecule has 1 aliphatic rings. The number of alkyl halides is 3. The molecule has 0 unspecified atom stereocenters. The molecule has 1 fully saturated rings. The summed E-state index contributed by atoms with van der Waals surface area (Å²) in [6.07, 6.45) is -5.37. The van der Waals surface area contributed by atoms with Crippen molar-refractivity contribution in [1.29, 1.82) is 0 Å². The summed E-state index contributed by atoms with van der Waals surface area (Å²) in [7, 11) is 0. The number of carbonyl (C=O) groups is 1. The molecule has 2 aromatic heterocycles. The standard InChI is InChI=1S/C23H24ClF3N4O3S/c1-14-17(12-29-11-8-28-18(32)13-29)35-21-19(14)20(33)30(9-6-15-4-2-3-5-16(15)24)22(34)31(21)10-7-23(25,26)27/h2-5H,6-13H2,1H3,(H,28,32). The summed E-state index contributed by atoms with van der Waals surface area (Å²) in [5, 5.41) is 3.47. The molecular weight excluding hydrogens is 505 g/mol. The Morgan fingerprint density at radius 3 is 2.54 bits per heavy atom. The van der Waals surface area contributed by atoms with Gasteiger partial charge >= 0.3 is 11.9 Å². The van der Waals surface area contributed by atoms with Crippen molar-refractivity contribution in [3.63, 3.8) is 0 Å². The highest BCUT2D eigenvalue weighted by Gasteiger charge is 2.29. The van der Waals surface area contributed by atoms with E-state index in [-0.39, 0.29) is 35.6 Å². The number of nitrogens with zero attached hydrogens (tertiary/aromatic N) is 3. The summed E-state index contributed by atoms with van der Waals surface area (Å²) in [5.74, 6) is -0.112. The number of fused-ring (bicyclic) bond motifs is 1. The van der Waals surface area contributed by atoms with Crippen LogP contribution in [0.1, 0.15) is 22.4 Å². The third kappa shape index (κ3) is 5.62. The molecule has 0 spiro atoms. The molecule has 188 valence electrons. The zero-order valence-electron chi connectivity index (χ0n) is 19.0. The molecule has 0 saturated carbocycles. The van der Waals surface area contributed by atoms with E-state index in [0.717, 1.165) is 30.9 Å². The van der Waals surface area contributed by atoms with Crippen molar-refractivity contribution in [2.24, 2.45) is 0 Å². The Bertz CT molecular complexity index is 1380.